The number of anilines is 1. The van der Waals surface area contributed by atoms with Crippen LogP contribution in [0.5, 0.6) is 0 Å². The van der Waals surface area contributed by atoms with Gasteiger partial charge in [-0.25, -0.2) is 0 Å². The van der Waals surface area contributed by atoms with Crippen molar-refractivity contribution in [1.29, 1.82) is 0 Å². The predicted octanol–water partition coefficient (Wildman–Crippen LogP) is 1.67. The lowest BCUT2D eigenvalue weighted by Gasteiger charge is -2.13. The molecule has 0 amide bonds. The third-order valence-corrected chi connectivity index (χ3v) is 1.39. The van der Waals surface area contributed by atoms with Crippen LogP contribution in [-0.4, -0.2) is 14.1 Å². The predicted molar refractivity (Wildman–Crippen MR) is 43.5 cm³/mol. The summed E-state index contributed by atoms with van der Waals surface area (Å²) in [7, 11) is 3.88. The molecule has 1 rings (SSSR count). The van der Waals surface area contributed by atoms with Crippen molar-refractivity contribution in [1.82, 2.24) is 5.73 Å². The van der Waals surface area contributed by atoms with Crippen LogP contribution >= 0.6 is 0 Å². The first kappa shape index (κ1) is 6.93. The number of nitrogens with zero attached hydrogens (tertiary/aromatic N) is 1. The normalized spacial score (nSPS) is 9.40. The molecule has 1 aromatic rings. The molecule has 2 heteroatoms. The Morgan fingerprint density at radius 1 is 1.20 bits per heavy atom. The first-order valence-electron chi connectivity index (χ1n) is 3.20. The molecule has 0 atom stereocenters. The van der Waals surface area contributed by atoms with E-state index in [4.69, 9.17) is 5.73 Å². The van der Waals surface area contributed by atoms with Gasteiger partial charge in [-0.15, -0.1) is 0 Å². The van der Waals surface area contributed by atoms with Gasteiger partial charge in [0.2, 0.25) is 0 Å². The van der Waals surface area contributed by atoms with Crippen molar-refractivity contribution < 1.29 is 0 Å². The number of benzene rings is 1. The second kappa shape index (κ2) is 2.60. The van der Waals surface area contributed by atoms with Gasteiger partial charge in [0.05, 0.1) is 11.4 Å². The standard InChI is InChI=1S/C8H11N2/c1-10(2)8-6-4-3-5-7(8)9/h3-6,9H,1-2H3. The summed E-state index contributed by atoms with van der Waals surface area (Å²) < 4.78 is 0. The fourth-order valence-corrected chi connectivity index (χ4v) is 0.864. The van der Waals surface area contributed by atoms with Crippen molar-refractivity contribution in [3.05, 3.63) is 24.3 Å². The zero-order valence-corrected chi connectivity index (χ0v) is 6.26. The second-order valence-electron chi connectivity index (χ2n) is 2.41. The van der Waals surface area contributed by atoms with Crippen LogP contribution in [0.4, 0.5) is 11.4 Å². The zero-order chi connectivity index (χ0) is 7.56. The Labute approximate surface area is 61.3 Å². The van der Waals surface area contributed by atoms with Crippen molar-refractivity contribution in [2.45, 2.75) is 0 Å². The fourth-order valence-electron chi connectivity index (χ4n) is 0.864. The van der Waals surface area contributed by atoms with E-state index in [2.05, 4.69) is 0 Å². The topological polar surface area (TPSA) is 27.0 Å². The number of nitrogens with one attached hydrogen (secondary N) is 1. The lowest BCUT2D eigenvalue weighted by molar-refractivity contribution is 1.13. The van der Waals surface area contributed by atoms with Crippen LogP contribution in [0.1, 0.15) is 0 Å². The molecule has 0 aromatic heterocycles. The maximum Gasteiger partial charge on any atom is 0.0773 e. The molecule has 1 radical (unpaired) electrons. The Balaban J connectivity index is 3.03. The third kappa shape index (κ3) is 1.21. The minimum atomic E-state index is 0.576. The Kier molecular flexibility index (Phi) is 1.81. The SMILES string of the molecule is CN(C)c1ccccc1[NH]. The number of hydrogen-bond acceptors (Lipinski definition) is 1. The summed E-state index contributed by atoms with van der Waals surface area (Å²) in [5.41, 5.74) is 9.00. The summed E-state index contributed by atoms with van der Waals surface area (Å²) in [6.45, 7) is 0. The van der Waals surface area contributed by atoms with Gasteiger partial charge in [0.1, 0.15) is 0 Å². The quantitative estimate of drug-likeness (QED) is 0.575. The average molecular weight is 135 g/mol. The third-order valence-electron chi connectivity index (χ3n) is 1.39. The summed E-state index contributed by atoms with van der Waals surface area (Å²) in [5, 5.41) is 0. The number of rotatable bonds is 1. The highest BCUT2D eigenvalue weighted by molar-refractivity contribution is 5.64. The first-order chi connectivity index (χ1) is 4.72. The summed E-state index contributed by atoms with van der Waals surface area (Å²) in [5.74, 6) is 0. The van der Waals surface area contributed by atoms with E-state index in [0.717, 1.165) is 5.69 Å². The molecule has 1 N–H and O–H groups in total. The maximum absolute atomic E-state index is 7.46. The van der Waals surface area contributed by atoms with Crippen molar-refractivity contribution >= 4 is 11.4 Å². The van der Waals surface area contributed by atoms with Gasteiger partial charge in [-0.3, -0.25) is 5.73 Å². The van der Waals surface area contributed by atoms with Gasteiger partial charge in [-0.1, -0.05) is 12.1 Å². The molecule has 0 unspecified atom stereocenters. The molecule has 0 saturated heterocycles. The van der Waals surface area contributed by atoms with Crippen LogP contribution in [0.3, 0.4) is 0 Å². The Morgan fingerprint density at radius 2 is 1.80 bits per heavy atom. The zero-order valence-electron chi connectivity index (χ0n) is 6.26. The van der Waals surface area contributed by atoms with Gasteiger partial charge in [0, 0.05) is 14.1 Å². The largest absolute Gasteiger partial charge is 0.376 e. The lowest BCUT2D eigenvalue weighted by Crippen LogP contribution is -2.08. The van der Waals surface area contributed by atoms with Gasteiger partial charge in [0.25, 0.3) is 0 Å². The van der Waals surface area contributed by atoms with Crippen LogP contribution < -0.4 is 10.6 Å². The van der Waals surface area contributed by atoms with Crippen molar-refractivity contribution in [2.24, 2.45) is 0 Å². The van der Waals surface area contributed by atoms with Gasteiger partial charge in [-0.2, -0.15) is 0 Å². The molecule has 0 aliphatic rings. The highest BCUT2D eigenvalue weighted by Crippen LogP contribution is 2.20. The molecule has 0 aliphatic heterocycles. The Bertz CT molecular complexity index is 218. The summed E-state index contributed by atoms with van der Waals surface area (Å²) in [6.07, 6.45) is 0. The van der Waals surface area contributed by atoms with Crippen LogP contribution in [0, 0.1) is 0 Å². The maximum atomic E-state index is 7.46. The second-order valence-corrected chi connectivity index (χ2v) is 2.41. The van der Waals surface area contributed by atoms with Crippen molar-refractivity contribution in [3.8, 4) is 0 Å². The van der Waals surface area contributed by atoms with E-state index in [9.17, 15) is 0 Å². The van der Waals surface area contributed by atoms with Crippen LogP contribution in [-0.2, 0) is 0 Å². The van der Waals surface area contributed by atoms with Crippen LogP contribution in [0.2, 0.25) is 0 Å². The Hall–Kier alpha value is -1.18. The highest BCUT2D eigenvalue weighted by atomic mass is 15.1. The molecular formula is C8H11N2. The van der Waals surface area contributed by atoms with E-state index in [1.165, 1.54) is 0 Å². The smallest absolute Gasteiger partial charge is 0.0773 e. The highest BCUT2D eigenvalue weighted by Gasteiger charge is 1.97. The van der Waals surface area contributed by atoms with Crippen molar-refractivity contribution in [3.63, 3.8) is 0 Å². The van der Waals surface area contributed by atoms with E-state index in [0.29, 0.717) is 5.69 Å². The monoisotopic (exact) mass is 135 g/mol. The molecule has 1 aromatic carbocycles. The summed E-state index contributed by atoms with van der Waals surface area (Å²) >= 11 is 0. The van der Waals surface area contributed by atoms with E-state index in [-0.39, 0.29) is 0 Å². The molecule has 0 bridgehead atoms. The Morgan fingerprint density at radius 3 is 2.20 bits per heavy atom. The molecule has 0 aliphatic carbocycles. The summed E-state index contributed by atoms with van der Waals surface area (Å²) in [6, 6.07) is 7.53. The first-order valence-corrected chi connectivity index (χ1v) is 3.20. The van der Waals surface area contributed by atoms with E-state index in [1.54, 1.807) is 6.07 Å². The molecule has 0 spiro atoms. The molecule has 0 fully saturated rings. The summed E-state index contributed by atoms with van der Waals surface area (Å²) in [4.78, 5) is 1.93. The van der Waals surface area contributed by atoms with Gasteiger partial charge >= 0.3 is 0 Å². The van der Waals surface area contributed by atoms with E-state index in [1.807, 2.05) is 37.2 Å². The van der Waals surface area contributed by atoms with E-state index < -0.39 is 0 Å². The number of hydrogen-bond donors (Lipinski definition) is 0. The molecule has 0 saturated carbocycles. The van der Waals surface area contributed by atoms with Gasteiger partial charge < -0.3 is 4.90 Å². The van der Waals surface area contributed by atoms with E-state index >= 15 is 0 Å². The van der Waals surface area contributed by atoms with Gasteiger partial charge in [0.15, 0.2) is 0 Å². The molecular weight excluding hydrogens is 124 g/mol. The van der Waals surface area contributed by atoms with Crippen molar-refractivity contribution in [2.75, 3.05) is 19.0 Å². The molecule has 0 heterocycles. The fraction of sp³-hybridized carbons (Fsp3) is 0.250. The van der Waals surface area contributed by atoms with Gasteiger partial charge in [-0.05, 0) is 12.1 Å². The minimum absolute atomic E-state index is 0.576. The molecule has 2 nitrogen and oxygen atoms in total. The van der Waals surface area contributed by atoms with Crippen LogP contribution in [0.25, 0.3) is 0 Å². The lowest BCUT2D eigenvalue weighted by atomic mass is 10.2. The average Bonchev–Trinajstić information content (AvgIpc) is 1.88. The minimum Gasteiger partial charge on any atom is -0.376 e. The molecule has 10 heavy (non-hydrogen) atoms. The van der Waals surface area contributed by atoms with Crippen LogP contribution in [0.15, 0.2) is 24.3 Å². The number of para-hydroxylation sites is 1. The molecule has 53 valence electrons.